The van der Waals surface area contributed by atoms with E-state index in [2.05, 4.69) is 25.8 Å². The summed E-state index contributed by atoms with van der Waals surface area (Å²) in [5.74, 6) is 0.00449. The Morgan fingerprint density at radius 2 is 2.40 bits per heavy atom. The van der Waals surface area contributed by atoms with Gasteiger partial charge in [-0.25, -0.2) is 4.68 Å². The predicted octanol–water partition coefficient (Wildman–Crippen LogP) is -0.143. The third kappa shape index (κ3) is 1.96. The molecular weight excluding hydrogens is 196 g/mol. The van der Waals surface area contributed by atoms with Crippen LogP contribution >= 0.6 is 0 Å². The van der Waals surface area contributed by atoms with Gasteiger partial charge in [0.05, 0.1) is 5.56 Å². The maximum absolute atomic E-state index is 11.6. The zero-order valence-electron chi connectivity index (χ0n) is 7.95. The lowest BCUT2D eigenvalue weighted by Gasteiger charge is -2.01. The molecule has 76 valence electrons. The summed E-state index contributed by atoms with van der Waals surface area (Å²) in [6.07, 6.45) is 3.07. The van der Waals surface area contributed by atoms with Crippen LogP contribution in [0.2, 0.25) is 0 Å². The average molecular weight is 204 g/mol. The molecule has 0 aliphatic rings. The van der Waals surface area contributed by atoms with Crippen molar-refractivity contribution in [3.63, 3.8) is 0 Å². The summed E-state index contributed by atoms with van der Waals surface area (Å²) in [7, 11) is 1.64. The average Bonchev–Trinajstić information content (AvgIpc) is 2.66. The normalized spacial score (nSPS) is 9.93. The number of amides is 1. The molecule has 2 aromatic heterocycles. The number of hydrogen-bond acceptors (Lipinski definition) is 5. The minimum Gasteiger partial charge on any atom is -0.289 e. The Hall–Kier alpha value is -2.31. The van der Waals surface area contributed by atoms with Gasteiger partial charge in [0, 0.05) is 19.4 Å². The molecule has 2 rings (SSSR count). The van der Waals surface area contributed by atoms with Crippen molar-refractivity contribution < 1.29 is 4.79 Å². The number of hydrogen-bond donors (Lipinski definition) is 1. The Labute approximate surface area is 85.1 Å². The molecule has 0 saturated heterocycles. The molecule has 0 atom stereocenters. The lowest BCUT2D eigenvalue weighted by atomic mass is 10.3. The number of rotatable bonds is 2. The molecule has 0 aliphatic carbocycles. The topological polar surface area (TPSA) is 85.6 Å². The number of aromatic nitrogens is 5. The van der Waals surface area contributed by atoms with Crippen LogP contribution in [0.1, 0.15) is 10.4 Å². The highest BCUT2D eigenvalue weighted by Gasteiger charge is 2.09. The van der Waals surface area contributed by atoms with E-state index in [0.717, 1.165) is 0 Å². The number of carbonyl (C=O) groups is 1. The molecule has 0 aliphatic heterocycles. The number of pyridine rings is 1. The SMILES string of the molecule is Cn1nnnc1NC(=O)c1cccnc1. The number of nitrogens with zero attached hydrogens (tertiary/aromatic N) is 5. The Kier molecular flexibility index (Phi) is 2.36. The summed E-state index contributed by atoms with van der Waals surface area (Å²) in [6, 6.07) is 3.34. The fourth-order valence-corrected chi connectivity index (χ4v) is 1.01. The quantitative estimate of drug-likeness (QED) is 0.735. The van der Waals surface area contributed by atoms with Gasteiger partial charge in [0.1, 0.15) is 0 Å². The first kappa shape index (κ1) is 9.25. The van der Waals surface area contributed by atoms with E-state index in [9.17, 15) is 4.79 Å². The van der Waals surface area contributed by atoms with Crippen molar-refractivity contribution in [2.45, 2.75) is 0 Å². The zero-order valence-corrected chi connectivity index (χ0v) is 7.95. The highest BCUT2D eigenvalue weighted by molar-refractivity contribution is 6.03. The summed E-state index contributed by atoms with van der Waals surface area (Å²) >= 11 is 0. The van der Waals surface area contributed by atoms with Gasteiger partial charge in [-0.2, -0.15) is 0 Å². The molecule has 7 nitrogen and oxygen atoms in total. The molecule has 1 N–H and O–H groups in total. The first-order valence-corrected chi connectivity index (χ1v) is 4.21. The number of anilines is 1. The van der Waals surface area contributed by atoms with Crippen molar-refractivity contribution in [2.75, 3.05) is 5.32 Å². The molecule has 0 fully saturated rings. The van der Waals surface area contributed by atoms with Gasteiger partial charge in [-0.05, 0) is 22.6 Å². The second-order valence-electron chi connectivity index (χ2n) is 2.82. The maximum atomic E-state index is 11.6. The maximum Gasteiger partial charge on any atom is 0.259 e. The molecule has 0 saturated carbocycles. The molecule has 0 unspecified atom stereocenters. The molecule has 15 heavy (non-hydrogen) atoms. The van der Waals surface area contributed by atoms with Crippen LogP contribution in [0.3, 0.4) is 0 Å². The number of aryl methyl sites for hydroxylation is 1. The number of carbonyl (C=O) groups excluding carboxylic acids is 1. The van der Waals surface area contributed by atoms with E-state index in [1.165, 1.54) is 10.9 Å². The molecule has 0 radical (unpaired) electrons. The van der Waals surface area contributed by atoms with Crippen molar-refractivity contribution in [2.24, 2.45) is 7.05 Å². The third-order valence-electron chi connectivity index (χ3n) is 1.77. The molecule has 0 bridgehead atoms. The van der Waals surface area contributed by atoms with Crippen LogP contribution in [0.4, 0.5) is 5.95 Å². The molecule has 2 aromatic rings. The minimum atomic E-state index is -0.291. The Morgan fingerprint density at radius 3 is 3.00 bits per heavy atom. The molecule has 2 heterocycles. The first-order valence-electron chi connectivity index (χ1n) is 4.21. The van der Waals surface area contributed by atoms with Gasteiger partial charge in [0.25, 0.3) is 5.91 Å². The van der Waals surface area contributed by atoms with Gasteiger partial charge in [-0.15, -0.1) is 0 Å². The largest absolute Gasteiger partial charge is 0.289 e. The highest BCUT2D eigenvalue weighted by atomic mass is 16.1. The van der Waals surface area contributed by atoms with E-state index in [1.54, 1.807) is 25.4 Å². The minimum absolute atomic E-state index is 0.291. The van der Waals surface area contributed by atoms with Crippen LogP contribution in [-0.4, -0.2) is 31.1 Å². The van der Waals surface area contributed by atoms with Crippen molar-refractivity contribution in [1.82, 2.24) is 25.2 Å². The molecule has 0 aromatic carbocycles. The van der Waals surface area contributed by atoms with Gasteiger partial charge in [-0.3, -0.25) is 15.1 Å². The molecule has 7 heteroatoms. The van der Waals surface area contributed by atoms with Gasteiger partial charge in [0.2, 0.25) is 5.95 Å². The van der Waals surface area contributed by atoms with Crippen molar-refractivity contribution in [1.29, 1.82) is 0 Å². The first-order chi connectivity index (χ1) is 7.27. The van der Waals surface area contributed by atoms with Gasteiger partial charge in [0.15, 0.2) is 0 Å². The Morgan fingerprint density at radius 1 is 1.53 bits per heavy atom. The van der Waals surface area contributed by atoms with Crippen molar-refractivity contribution in [3.05, 3.63) is 30.1 Å². The van der Waals surface area contributed by atoms with E-state index < -0.39 is 0 Å². The van der Waals surface area contributed by atoms with Crippen molar-refractivity contribution in [3.8, 4) is 0 Å². The lowest BCUT2D eigenvalue weighted by Crippen LogP contribution is -2.15. The summed E-state index contributed by atoms with van der Waals surface area (Å²) in [5.41, 5.74) is 0.459. The Balaban J connectivity index is 2.15. The van der Waals surface area contributed by atoms with Crippen LogP contribution in [0, 0.1) is 0 Å². The van der Waals surface area contributed by atoms with Crippen LogP contribution in [-0.2, 0) is 7.05 Å². The summed E-state index contributed by atoms with van der Waals surface area (Å²) in [5, 5.41) is 13.2. The fourth-order valence-electron chi connectivity index (χ4n) is 1.01. The van der Waals surface area contributed by atoms with E-state index in [-0.39, 0.29) is 5.91 Å². The van der Waals surface area contributed by atoms with Gasteiger partial charge >= 0.3 is 0 Å². The van der Waals surface area contributed by atoms with Crippen LogP contribution in [0.5, 0.6) is 0 Å². The van der Waals surface area contributed by atoms with Gasteiger partial charge in [-0.1, -0.05) is 5.10 Å². The molecule has 1 amide bonds. The predicted molar refractivity (Wildman–Crippen MR) is 51.0 cm³/mol. The number of tetrazole rings is 1. The molecular formula is C8H8N6O. The monoisotopic (exact) mass is 204 g/mol. The van der Waals surface area contributed by atoms with Gasteiger partial charge < -0.3 is 0 Å². The summed E-state index contributed by atoms with van der Waals surface area (Å²) < 4.78 is 1.37. The summed E-state index contributed by atoms with van der Waals surface area (Å²) in [4.78, 5) is 15.4. The third-order valence-corrected chi connectivity index (χ3v) is 1.77. The summed E-state index contributed by atoms with van der Waals surface area (Å²) in [6.45, 7) is 0. The Bertz CT molecular complexity index is 465. The van der Waals surface area contributed by atoms with E-state index in [4.69, 9.17) is 0 Å². The lowest BCUT2D eigenvalue weighted by molar-refractivity contribution is 0.102. The smallest absolute Gasteiger partial charge is 0.259 e. The number of nitrogens with one attached hydrogen (secondary N) is 1. The van der Waals surface area contributed by atoms with E-state index in [0.29, 0.717) is 11.5 Å². The highest BCUT2D eigenvalue weighted by Crippen LogP contribution is 2.01. The second kappa shape index (κ2) is 3.82. The second-order valence-corrected chi connectivity index (χ2v) is 2.82. The zero-order chi connectivity index (χ0) is 10.7. The standard InChI is InChI=1S/C8H8N6O/c1-14-8(11-12-13-14)10-7(15)6-3-2-4-9-5-6/h2-5H,1H3,(H,10,11,13,15). The van der Waals surface area contributed by atoms with Crippen LogP contribution in [0.15, 0.2) is 24.5 Å². The van der Waals surface area contributed by atoms with Crippen molar-refractivity contribution >= 4 is 11.9 Å². The van der Waals surface area contributed by atoms with Crippen LogP contribution in [0.25, 0.3) is 0 Å². The van der Waals surface area contributed by atoms with Crippen LogP contribution < -0.4 is 5.32 Å². The fraction of sp³-hybridized carbons (Fsp3) is 0.125. The van der Waals surface area contributed by atoms with E-state index >= 15 is 0 Å². The molecule has 0 spiro atoms. The van der Waals surface area contributed by atoms with E-state index in [1.807, 2.05) is 0 Å².